The molecule has 1 heterocycles. The minimum Gasteiger partial charge on any atom is -0.462 e. The van der Waals surface area contributed by atoms with E-state index in [9.17, 15) is 9.59 Å². The predicted octanol–water partition coefficient (Wildman–Crippen LogP) is 5.04. The SMILES string of the molecule is CCCCCOC(=O)C1=C(C)NC2=C(C(=O)CCC2)C1c1ccccc1Cl. The number of hydrogen-bond acceptors (Lipinski definition) is 4. The highest BCUT2D eigenvalue weighted by Gasteiger charge is 2.39. The molecule has 1 atom stereocenters. The molecule has 1 aromatic rings. The first-order valence-electron chi connectivity index (χ1n) is 9.70. The van der Waals surface area contributed by atoms with Gasteiger partial charge in [0.2, 0.25) is 0 Å². The van der Waals surface area contributed by atoms with E-state index in [1.165, 1.54) is 0 Å². The van der Waals surface area contributed by atoms with Crippen LogP contribution in [0.15, 0.2) is 46.8 Å². The van der Waals surface area contributed by atoms with Gasteiger partial charge in [-0.25, -0.2) is 4.79 Å². The van der Waals surface area contributed by atoms with E-state index in [-0.39, 0.29) is 11.8 Å². The van der Waals surface area contributed by atoms with Crippen molar-refractivity contribution in [2.24, 2.45) is 0 Å². The number of benzene rings is 1. The number of dihydropyridines is 1. The van der Waals surface area contributed by atoms with Crippen molar-refractivity contribution in [2.75, 3.05) is 6.61 Å². The van der Waals surface area contributed by atoms with Gasteiger partial charge in [0.1, 0.15) is 0 Å². The first-order valence-corrected chi connectivity index (χ1v) is 10.1. The Balaban J connectivity index is 2.01. The van der Waals surface area contributed by atoms with E-state index in [1.807, 2.05) is 25.1 Å². The summed E-state index contributed by atoms with van der Waals surface area (Å²) in [7, 11) is 0. The zero-order chi connectivity index (χ0) is 19.4. The smallest absolute Gasteiger partial charge is 0.336 e. The minimum absolute atomic E-state index is 0.0810. The number of allylic oxidation sites excluding steroid dienone is 3. The Kier molecular flexibility index (Phi) is 6.38. The van der Waals surface area contributed by atoms with Crippen LogP contribution in [-0.2, 0) is 14.3 Å². The summed E-state index contributed by atoms with van der Waals surface area (Å²) in [5, 5.41) is 3.85. The van der Waals surface area contributed by atoms with Gasteiger partial charge >= 0.3 is 5.97 Å². The molecule has 0 saturated heterocycles. The Morgan fingerprint density at radius 1 is 1.26 bits per heavy atom. The third-order valence-electron chi connectivity index (χ3n) is 5.19. The van der Waals surface area contributed by atoms with Crippen molar-refractivity contribution in [2.45, 2.75) is 58.3 Å². The summed E-state index contributed by atoms with van der Waals surface area (Å²) in [5.41, 5.74) is 3.60. The molecule has 1 aliphatic heterocycles. The quantitative estimate of drug-likeness (QED) is 0.548. The number of halogens is 1. The number of Topliss-reactive ketones (excluding diaryl/α,β-unsaturated/α-hetero) is 1. The fourth-order valence-electron chi connectivity index (χ4n) is 3.87. The lowest BCUT2D eigenvalue weighted by Crippen LogP contribution is -2.34. The number of hydrogen-bond donors (Lipinski definition) is 1. The third-order valence-corrected chi connectivity index (χ3v) is 5.54. The molecule has 3 rings (SSSR count). The lowest BCUT2D eigenvalue weighted by Gasteiger charge is -2.34. The van der Waals surface area contributed by atoms with Gasteiger partial charge in [-0.3, -0.25) is 4.79 Å². The topological polar surface area (TPSA) is 55.4 Å². The molecule has 0 aromatic heterocycles. The molecule has 1 aromatic carbocycles. The number of nitrogens with one attached hydrogen (secondary N) is 1. The number of rotatable bonds is 6. The molecule has 0 amide bonds. The molecule has 1 aliphatic carbocycles. The van der Waals surface area contributed by atoms with Crippen LogP contribution in [0.25, 0.3) is 0 Å². The Morgan fingerprint density at radius 3 is 2.78 bits per heavy atom. The van der Waals surface area contributed by atoms with Crippen LogP contribution >= 0.6 is 11.6 Å². The van der Waals surface area contributed by atoms with Gasteiger partial charge in [0, 0.05) is 34.3 Å². The van der Waals surface area contributed by atoms with Crippen molar-refractivity contribution >= 4 is 23.4 Å². The van der Waals surface area contributed by atoms with E-state index in [1.54, 1.807) is 6.07 Å². The third kappa shape index (κ3) is 4.11. The van der Waals surface area contributed by atoms with Gasteiger partial charge in [-0.1, -0.05) is 49.6 Å². The van der Waals surface area contributed by atoms with E-state index in [0.29, 0.717) is 29.2 Å². The highest BCUT2D eigenvalue weighted by atomic mass is 35.5. The second kappa shape index (κ2) is 8.75. The second-order valence-corrected chi connectivity index (χ2v) is 7.54. The van der Waals surface area contributed by atoms with Crippen molar-refractivity contribution in [1.82, 2.24) is 5.32 Å². The molecule has 1 unspecified atom stereocenters. The fourth-order valence-corrected chi connectivity index (χ4v) is 4.11. The molecule has 5 heteroatoms. The summed E-state index contributed by atoms with van der Waals surface area (Å²) < 4.78 is 5.55. The monoisotopic (exact) mass is 387 g/mol. The summed E-state index contributed by atoms with van der Waals surface area (Å²) in [6, 6.07) is 7.43. The van der Waals surface area contributed by atoms with Gasteiger partial charge in [0.05, 0.1) is 12.2 Å². The van der Waals surface area contributed by atoms with Gasteiger partial charge < -0.3 is 10.1 Å². The Labute approximate surface area is 165 Å². The summed E-state index contributed by atoms with van der Waals surface area (Å²) >= 11 is 6.47. The van der Waals surface area contributed by atoms with Gasteiger partial charge in [0.25, 0.3) is 0 Å². The molecular weight excluding hydrogens is 362 g/mol. The fraction of sp³-hybridized carbons (Fsp3) is 0.455. The van der Waals surface area contributed by atoms with Crippen LogP contribution in [0, 0.1) is 0 Å². The largest absolute Gasteiger partial charge is 0.462 e. The maximum Gasteiger partial charge on any atom is 0.336 e. The zero-order valence-electron chi connectivity index (χ0n) is 15.9. The van der Waals surface area contributed by atoms with Crippen molar-refractivity contribution in [3.8, 4) is 0 Å². The molecule has 0 bridgehead atoms. The van der Waals surface area contributed by atoms with Crippen LogP contribution in [-0.4, -0.2) is 18.4 Å². The molecule has 1 N–H and O–H groups in total. The molecule has 0 saturated carbocycles. The molecule has 27 heavy (non-hydrogen) atoms. The van der Waals surface area contributed by atoms with Gasteiger partial charge in [0.15, 0.2) is 5.78 Å². The maximum absolute atomic E-state index is 13.0. The zero-order valence-corrected chi connectivity index (χ0v) is 16.7. The van der Waals surface area contributed by atoms with E-state index < -0.39 is 5.92 Å². The van der Waals surface area contributed by atoms with E-state index in [4.69, 9.17) is 16.3 Å². The van der Waals surface area contributed by atoms with Crippen LogP contribution in [0.1, 0.15) is 63.9 Å². The van der Waals surface area contributed by atoms with E-state index >= 15 is 0 Å². The predicted molar refractivity (Wildman–Crippen MR) is 106 cm³/mol. The van der Waals surface area contributed by atoms with E-state index in [0.717, 1.165) is 49.1 Å². The van der Waals surface area contributed by atoms with Crippen LogP contribution in [0.3, 0.4) is 0 Å². The van der Waals surface area contributed by atoms with E-state index in [2.05, 4.69) is 12.2 Å². The highest BCUT2D eigenvalue weighted by molar-refractivity contribution is 6.31. The molecule has 0 fully saturated rings. The van der Waals surface area contributed by atoms with Crippen molar-refractivity contribution in [3.05, 3.63) is 57.4 Å². The number of ketones is 1. The average molecular weight is 388 g/mol. The van der Waals surface area contributed by atoms with Gasteiger partial charge in [-0.15, -0.1) is 0 Å². The Bertz CT molecular complexity index is 810. The van der Waals surface area contributed by atoms with Crippen molar-refractivity contribution in [1.29, 1.82) is 0 Å². The minimum atomic E-state index is -0.471. The standard InChI is InChI=1S/C22H26ClNO3/c1-3-4-7-13-27-22(26)19-14(2)24-17-11-8-12-18(25)21(17)20(19)15-9-5-6-10-16(15)23/h5-6,9-10,20,24H,3-4,7-8,11-13H2,1-2H3. The first-order chi connectivity index (χ1) is 13.0. The van der Waals surface area contributed by atoms with Gasteiger partial charge in [-0.2, -0.15) is 0 Å². The number of carbonyl (C=O) groups excluding carboxylic acids is 2. The normalized spacial score (nSPS) is 19.7. The summed E-state index contributed by atoms with van der Waals surface area (Å²) in [6.45, 7) is 4.36. The van der Waals surface area contributed by atoms with Crippen LogP contribution in [0.2, 0.25) is 5.02 Å². The summed E-state index contributed by atoms with van der Waals surface area (Å²) in [5.74, 6) is -0.759. The molecular formula is C22H26ClNO3. The molecule has 0 spiro atoms. The molecule has 0 radical (unpaired) electrons. The number of carbonyl (C=O) groups is 2. The van der Waals surface area contributed by atoms with Crippen molar-refractivity contribution in [3.63, 3.8) is 0 Å². The molecule has 4 nitrogen and oxygen atoms in total. The second-order valence-electron chi connectivity index (χ2n) is 7.13. The Hall–Kier alpha value is -2.07. The number of esters is 1. The highest BCUT2D eigenvalue weighted by Crippen LogP contribution is 2.44. The van der Waals surface area contributed by atoms with Crippen molar-refractivity contribution < 1.29 is 14.3 Å². The van der Waals surface area contributed by atoms with Crippen LogP contribution in [0.4, 0.5) is 0 Å². The van der Waals surface area contributed by atoms with Gasteiger partial charge in [-0.05, 0) is 37.8 Å². The lowest BCUT2D eigenvalue weighted by atomic mass is 9.75. The van der Waals surface area contributed by atoms with Crippen LogP contribution in [0.5, 0.6) is 0 Å². The number of ether oxygens (including phenoxy) is 1. The molecule has 2 aliphatic rings. The first kappa shape index (κ1) is 19.7. The lowest BCUT2D eigenvalue weighted by molar-refractivity contribution is -0.139. The maximum atomic E-state index is 13.0. The summed E-state index contributed by atoms with van der Waals surface area (Å²) in [4.78, 5) is 25.7. The average Bonchev–Trinajstić information content (AvgIpc) is 2.65. The summed E-state index contributed by atoms with van der Waals surface area (Å²) in [6.07, 6.45) is 5.05. The Morgan fingerprint density at radius 2 is 2.04 bits per heavy atom. The van der Waals surface area contributed by atoms with Crippen LogP contribution < -0.4 is 5.32 Å². The number of unbranched alkanes of at least 4 members (excludes halogenated alkanes) is 2. The molecule has 144 valence electrons.